The number of ether oxygens (including phenoxy) is 1. The van der Waals surface area contributed by atoms with Crippen molar-refractivity contribution in [3.63, 3.8) is 0 Å². The van der Waals surface area contributed by atoms with Crippen LogP contribution in [0.4, 0.5) is 0 Å². The minimum absolute atomic E-state index is 0.536. The molecule has 18 heavy (non-hydrogen) atoms. The third-order valence-corrected chi connectivity index (χ3v) is 2.38. The summed E-state index contributed by atoms with van der Waals surface area (Å²) in [5.41, 5.74) is 0. The molecule has 2 nitrogen and oxygen atoms in total. The van der Waals surface area contributed by atoms with Crippen molar-refractivity contribution in [1.82, 2.24) is 5.32 Å². The van der Waals surface area contributed by atoms with Gasteiger partial charge in [-0.2, -0.15) is 0 Å². The van der Waals surface area contributed by atoms with Gasteiger partial charge in [-0.15, -0.1) is 0 Å². The van der Waals surface area contributed by atoms with Crippen molar-refractivity contribution < 1.29 is 4.74 Å². The number of rotatable bonds is 3. The summed E-state index contributed by atoms with van der Waals surface area (Å²) in [6.07, 6.45) is 5.72. The van der Waals surface area contributed by atoms with Crippen LogP contribution < -0.4 is 5.32 Å². The van der Waals surface area contributed by atoms with Gasteiger partial charge in [0.1, 0.15) is 0 Å². The molecule has 1 aliphatic heterocycles. The monoisotopic (exact) mass is 261 g/mol. The molecule has 2 heteroatoms. The zero-order valence-corrected chi connectivity index (χ0v) is 14.3. The molecule has 0 radical (unpaired) electrons. The molecule has 1 unspecified atom stereocenters. The van der Waals surface area contributed by atoms with Crippen molar-refractivity contribution in [2.75, 3.05) is 20.2 Å². The van der Waals surface area contributed by atoms with E-state index in [2.05, 4.69) is 26.1 Å². The maximum Gasteiger partial charge on any atom is 0.0547 e. The van der Waals surface area contributed by atoms with Gasteiger partial charge in [-0.1, -0.05) is 41.5 Å². The second-order valence-corrected chi connectivity index (χ2v) is 4.46. The van der Waals surface area contributed by atoms with E-state index in [1.807, 2.05) is 34.7 Å². The molecular formula is C16H39NO. The molecule has 114 valence electrons. The molecule has 0 saturated carbocycles. The molecule has 1 aliphatic rings. The Hall–Kier alpha value is -0.0800. The van der Waals surface area contributed by atoms with Crippen LogP contribution in [-0.2, 0) is 4.74 Å². The van der Waals surface area contributed by atoms with Gasteiger partial charge in [-0.05, 0) is 52.1 Å². The summed E-state index contributed by atoms with van der Waals surface area (Å²) in [4.78, 5) is 0. The van der Waals surface area contributed by atoms with Gasteiger partial charge in [0, 0.05) is 6.61 Å². The first-order chi connectivity index (χ1) is 8.66. The average molecular weight is 261 g/mol. The van der Waals surface area contributed by atoms with Gasteiger partial charge < -0.3 is 10.1 Å². The molecule has 0 aromatic rings. The maximum absolute atomic E-state index is 5.28. The third kappa shape index (κ3) is 24.9. The molecule has 1 atom stereocenters. The van der Waals surface area contributed by atoms with Crippen LogP contribution in [0.25, 0.3) is 0 Å². The molecule has 0 aromatic carbocycles. The van der Waals surface area contributed by atoms with E-state index < -0.39 is 0 Å². The summed E-state index contributed by atoms with van der Waals surface area (Å²) in [5.74, 6) is 0.840. The molecular weight excluding hydrogens is 222 g/mol. The zero-order valence-electron chi connectivity index (χ0n) is 14.3. The van der Waals surface area contributed by atoms with Crippen LogP contribution in [0.3, 0.4) is 0 Å². The molecule has 1 N–H and O–H groups in total. The highest BCUT2D eigenvalue weighted by Crippen LogP contribution is 2.10. The molecule has 1 heterocycles. The Morgan fingerprint density at radius 3 is 1.83 bits per heavy atom. The topological polar surface area (TPSA) is 21.3 Å². The summed E-state index contributed by atoms with van der Waals surface area (Å²) >= 11 is 0. The van der Waals surface area contributed by atoms with Crippen molar-refractivity contribution in [2.45, 2.75) is 80.3 Å². The summed E-state index contributed by atoms with van der Waals surface area (Å²) in [7, 11) is 1.99. The Bertz CT molecular complexity index is 110. The SMILES string of the molecule is CC.CC.CC1CCCCO1.CNCCC(C)C. The van der Waals surface area contributed by atoms with Crippen LogP contribution in [0, 0.1) is 5.92 Å². The summed E-state index contributed by atoms with van der Waals surface area (Å²) in [5, 5.41) is 3.10. The second kappa shape index (κ2) is 22.1. The lowest BCUT2D eigenvalue weighted by Gasteiger charge is -2.17. The van der Waals surface area contributed by atoms with Crippen molar-refractivity contribution >= 4 is 0 Å². The first-order valence-corrected chi connectivity index (χ1v) is 7.93. The van der Waals surface area contributed by atoms with E-state index in [1.54, 1.807) is 0 Å². The maximum atomic E-state index is 5.28. The van der Waals surface area contributed by atoms with Crippen LogP contribution in [0.15, 0.2) is 0 Å². The predicted octanol–water partition coefficient (Wildman–Crippen LogP) is 4.88. The van der Waals surface area contributed by atoms with Gasteiger partial charge >= 0.3 is 0 Å². The van der Waals surface area contributed by atoms with E-state index in [-0.39, 0.29) is 0 Å². The Labute approximate surface area is 117 Å². The Kier molecular flexibility index (Phi) is 28.3. The molecule has 1 rings (SSSR count). The van der Waals surface area contributed by atoms with Crippen molar-refractivity contribution in [3.05, 3.63) is 0 Å². The Morgan fingerprint density at radius 1 is 1.11 bits per heavy atom. The highest BCUT2D eigenvalue weighted by Gasteiger charge is 2.05. The van der Waals surface area contributed by atoms with Gasteiger partial charge in [0.25, 0.3) is 0 Å². The first kappa shape index (κ1) is 23.0. The average Bonchev–Trinajstić information content (AvgIpc) is 2.42. The smallest absolute Gasteiger partial charge is 0.0547 e. The molecule has 0 aromatic heterocycles. The van der Waals surface area contributed by atoms with Crippen LogP contribution >= 0.6 is 0 Å². The van der Waals surface area contributed by atoms with E-state index in [0.29, 0.717) is 6.10 Å². The number of nitrogens with one attached hydrogen (secondary N) is 1. The lowest BCUT2D eigenvalue weighted by atomic mass is 10.1. The fourth-order valence-corrected chi connectivity index (χ4v) is 1.33. The van der Waals surface area contributed by atoms with Crippen LogP contribution in [0.5, 0.6) is 0 Å². The standard InChI is InChI=1S/C6H15N.C6H12O.2C2H6/c1-6(2)4-5-7-3;1-6-4-2-3-5-7-6;2*1-2/h6-7H,4-5H2,1-3H3;6H,2-5H2,1H3;2*1-2H3. The quantitative estimate of drug-likeness (QED) is 0.782. The van der Waals surface area contributed by atoms with Crippen LogP contribution in [-0.4, -0.2) is 26.3 Å². The molecule has 1 fully saturated rings. The van der Waals surface area contributed by atoms with E-state index in [1.165, 1.54) is 25.7 Å². The largest absolute Gasteiger partial charge is 0.379 e. The van der Waals surface area contributed by atoms with Gasteiger partial charge in [-0.3, -0.25) is 0 Å². The molecule has 1 saturated heterocycles. The van der Waals surface area contributed by atoms with Gasteiger partial charge in [0.15, 0.2) is 0 Å². The van der Waals surface area contributed by atoms with Gasteiger partial charge in [0.2, 0.25) is 0 Å². The molecule has 0 amide bonds. The lowest BCUT2D eigenvalue weighted by Crippen LogP contribution is -2.14. The highest BCUT2D eigenvalue weighted by molar-refractivity contribution is 4.55. The number of hydrogen-bond donors (Lipinski definition) is 1. The van der Waals surface area contributed by atoms with Crippen molar-refractivity contribution in [3.8, 4) is 0 Å². The molecule has 0 bridgehead atoms. The molecule has 0 spiro atoms. The summed E-state index contributed by atoms with van der Waals surface area (Å²) in [6.45, 7) is 16.7. The highest BCUT2D eigenvalue weighted by atomic mass is 16.5. The summed E-state index contributed by atoms with van der Waals surface area (Å²) < 4.78 is 5.28. The van der Waals surface area contributed by atoms with Crippen molar-refractivity contribution in [1.29, 1.82) is 0 Å². The van der Waals surface area contributed by atoms with E-state index in [9.17, 15) is 0 Å². The van der Waals surface area contributed by atoms with E-state index in [4.69, 9.17) is 4.74 Å². The lowest BCUT2D eigenvalue weighted by molar-refractivity contribution is 0.0285. The second-order valence-electron chi connectivity index (χ2n) is 4.46. The number of hydrogen-bond acceptors (Lipinski definition) is 2. The third-order valence-electron chi connectivity index (χ3n) is 2.38. The normalized spacial score (nSPS) is 17.5. The minimum atomic E-state index is 0.536. The van der Waals surface area contributed by atoms with E-state index >= 15 is 0 Å². The Morgan fingerprint density at radius 2 is 1.67 bits per heavy atom. The van der Waals surface area contributed by atoms with Crippen LogP contribution in [0.1, 0.15) is 74.1 Å². The Balaban J connectivity index is -0.000000196. The van der Waals surface area contributed by atoms with Gasteiger partial charge in [0.05, 0.1) is 6.10 Å². The predicted molar refractivity (Wildman–Crippen MR) is 85.3 cm³/mol. The van der Waals surface area contributed by atoms with Crippen LogP contribution in [0.2, 0.25) is 0 Å². The van der Waals surface area contributed by atoms with E-state index in [0.717, 1.165) is 19.1 Å². The molecule has 0 aliphatic carbocycles. The summed E-state index contributed by atoms with van der Waals surface area (Å²) in [6, 6.07) is 0. The first-order valence-electron chi connectivity index (χ1n) is 7.93. The zero-order chi connectivity index (χ0) is 14.8. The minimum Gasteiger partial charge on any atom is -0.379 e. The van der Waals surface area contributed by atoms with Gasteiger partial charge in [-0.25, -0.2) is 0 Å². The van der Waals surface area contributed by atoms with Crippen molar-refractivity contribution in [2.24, 2.45) is 5.92 Å². The fourth-order valence-electron chi connectivity index (χ4n) is 1.33. The fraction of sp³-hybridized carbons (Fsp3) is 1.00.